The van der Waals surface area contributed by atoms with Crippen molar-refractivity contribution in [1.29, 1.82) is 0 Å². The molecule has 1 saturated heterocycles. The number of hydrogen-bond donors (Lipinski definition) is 0. The van der Waals surface area contributed by atoms with Crippen LogP contribution >= 0.6 is 23.2 Å². The Morgan fingerprint density at radius 3 is 2.56 bits per heavy atom. The number of hydrogen-bond acceptors (Lipinski definition) is 4. The van der Waals surface area contributed by atoms with E-state index in [1.165, 1.54) is 36.4 Å². The molecule has 1 fully saturated rings. The molecule has 36 heavy (non-hydrogen) atoms. The zero-order valence-electron chi connectivity index (χ0n) is 18.9. The third-order valence-electron chi connectivity index (χ3n) is 6.02. The molecule has 1 aliphatic rings. The van der Waals surface area contributed by atoms with Gasteiger partial charge in [-0.1, -0.05) is 34.5 Å². The number of carbonyl (C=O) groups is 1. The van der Waals surface area contributed by atoms with Gasteiger partial charge in [0.2, 0.25) is 0 Å². The van der Waals surface area contributed by atoms with Crippen LogP contribution in [0, 0.1) is 11.6 Å². The first-order chi connectivity index (χ1) is 17.4. The highest BCUT2D eigenvalue weighted by Crippen LogP contribution is 2.32. The van der Waals surface area contributed by atoms with Gasteiger partial charge in [-0.05, 0) is 66.6 Å². The molecule has 4 aromatic rings. The van der Waals surface area contributed by atoms with Crippen LogP contribution in [0.4, 0.5) is 8.78 Å². The highest BCUT2D eigenvalue weighted by Gasteiger charge is 2.29. The summed E-state index contributed by atoms with van der Waals surface area (Å²) in [5.74, 6) is -0.549. The van der Waals surface area contributed by atoms with E-state index in [1.807, 2.05) is 0 Å². The van der Waals surface area contributed by atoms with Gasteiger partial charge in [0.15, 0.2) is 0 Å². The molecule has 10 heteroatoms. The Kier molecular flexibility index (Phi) is 6.89. The van der Waals surface area contributed by atoms with Crippen LogP contribution in [0.1, 0.15) is 28.4 Å². The van der Waals surface area contributed by atoms with Crippen molar-refractivity contribution in [3.63, 3.8) is 0 Å². The quantitative estimate of drug-likeness (QED) is 0.299. The van der Waals surface area contributed by atoms with Crippen LogP contribution in [0.5, 0.6) is 5.75 Å². The largest absolute Gasteiger partial charge is 0.488 e. The second kappa shape index (κ2) is 10.2. The monoisotopic (exact) mass is 528 g/mol. The summed E-state index contributed by atoms with van der Waals surface area (Å²) in [5.41, 5.74) is 2.14. The lowest BCUT2D eigenvalue weighted by Crippen LogP contribution is -2.29. The molecule has 184 valence electrons. The van der Waals surface area contributed by atoms with E-state index in [0.717, 1.165) is 5.56 Å². The smallest absolute Gasteiger partial charge is 0.253 e. The van der Waals surface area contributed by atoms with Gasteiger partial charge >= 0.3 is 0 Å². The van der Waals surface area contributed by atoms with E-state index in [4.69, 9.17) is 27.9 Å². The summed E-state index contributed by atoms with van der Waals surface area (Å²) < 4.78 is 34.9. The summed E-state index contributed by atoms with van der Waals surface area (Å²) in [4.78, 5) is 14.5. The second-order valence-corrected chi connectivity index (χ2v) is 9.28. The van der Waals surface area contributed by atoms with E-state index >= 15 is 0 Å². The zero-order valence-corrected chi connectivity index (χ0v) is 20.4. The van der Waals surface area contributed by atoms with Gasteiger partial charge in [0.25, 0.3) is 5.91 Å². The normalized spacial score (nSPS) is 15.3. The highest BCUT2D eigenvalue weighted by molar-refractivity contribution is 6.42. The van der Waals surface area contributed by atoms with Crippen LogP contribution in [-0.2, 0) is 6.61 Å². The van der Waals surface area contributed by atoms with Crippen molar-refractivity contribution in [1.82, 2.24) is 19.9 Å². The van der Waals surface area contributed by atoms with Crippen LogP contribution in [0.3, 0.4) is 0 Å². The summed E-state index contributed by atoms with van der Waals surface area (Å²) >= 11 is 12.1. The fraction of sp³-hybridized carbons (Fsp3) is 0.192. The average Bonchev–Trinajstić information content (AvgIpc) is 3.55. The molecule has 5 rings (SSSR count). The molecule has 0 saturated carbocycles. The summed E-state index contributed by atoms with van der Waals surface area (Å²) in [6, 6.07) is 14.8. The van der Waals surface area contributed by atoms with Crippen LogP contribution in [0.25, 0.3) is 11.3 Å². The lowest BCUT2D eigenvalue weighted by molar-refractivity contribution is 0.0787. The lowest BCUT2D eigenvalue weighted by Gasteiger charge is -2.16. The van der Waals surface area contributed by atoms with E-state index in [0.29, 0.717) is 52.1 Å². The topological polar surface area (TPSA) is 60.2 Å². The Morgan fingerprint density at radius 2 is 1.78 bits per heavy atom. The number of aromatic nitrogens is 3. The zero-order chi connectivity index (χ0) is 25.2. The number of carbonyl (C=O) groups excluding carboxylic acids is 1. The van der Waals surface area contributed by atoms with E-state index in [9.17, 15) is 13.6 Å². The lowest BCUT2D eigenvalue weighted by atomic mass is 10.1. The number of benzene rings is 3. The van der Waals surface area contributed by atoms with E-state index in [-0.39, 0.29) is 18.6 Å². The van der Waals surface area contributed by atoms with Gasteiger partial charge in [0, 0.05) is 24.2 Å². The molecular weight excluding hydrogens is 509 g/mol. The van der Waals surface area contributed by atoms with Crippen LogP contribution < -0.4 is 4.74 Å². The third-order valence-corrected chi connectivity index (χ3v) is 6.76. The van der Waals surface area contributed by atoms with Crippen molar-refractivity contribution < 1.29 is 18.3 Å². The van der Waals surface area contributed by atoms with Gasteiger partial charge in [-0.2, -0.15) is 0 Å². The van der Waals surface area contributed by atoms with E-state index in [1.54, 1.807) is 40.0 Å². The minimum atomic E-state index is -0.432. The first-order valence-electron chi connectivity index (χ1n) is 11.2. The molecule has 0 radical (unpaired) electrons. The minimum Gasteiger partial charge on any atom is -0.488 e. The molecule has 0 spiro atoms. The van der Waals surface area contributed by atoms with Gasteiger partial charge in [-0.15, -0.1) is 5.10 Å². The van der Waals surface area contributed by atoms with Crippen molar-refractivity contribution in [2.24, 2.45) is 0 Å². The number of likely N-dealkylation sites (tertiary alicyclic amines) is 1. The molecular formula is C26H20Cl2F2N4O2. The summed E-state index contributed by atoms with van der Waals surface area (Å²) in [5, 5.41) is 9.33. The number of ether oxygens (including phenoxy) is 1. The molecule has 1 amide bonds. The molecule has 1 atom stereocenters. The molecule has 0 aliphatic carbocycles. The Labute approximate surface area is 216 Å². The van der Waals surface area contributed by atoms with Gasteiger partial charge in [-0.25, -0.2) is 13.5 Å². The second-order valence-electron chi connectivity index (χ2n) is 8.46. The number of nitrogens with zero attached hydrogens (tertiary/aromatic N) is 4. The molecule has 3 aromatic carbocycles. The molecule has 0 bridgehead atoms. The Bertz CT molecular complexity index is 1410. The van der Waals surface area contributed by atoms with Crippen LogP contribution in [0.15, 0.2) is 66.9 Å². The van der Waals surface area contributed by atoms with Gasteiger partial charge in [-0.3, -0.25) is 4.79 Å². The van der Waals surface area contributed by atoms with E-state index < -0.39 is 11.6 Å². The maximum Gasteiger partial charge on any atom is 0.253 e. The molecule has 1 unspecified atom stereocenters. The molecule has 0 N–H and O–H groups in total. The standard InChI is InChI=1S/C26H20Cl2F2N4O2/c27-22-7-1-16(11-23(22)28)15-36-25-8-6-19(30)12-21(25)24-14-34(32-31-24)20-9-10-33(13-20)26(35)17-2-4-18(29)5-3-17/h1-8,11-12,14,20H,9-10,13,15H2. The summed E-state index contributed by atoms with van der Waals surface area (Å²) in [7, 11) is 0. The summed E-state index contributed by atoms with van der Waals surface area (Å²) in [6.07, 6.45) is 2.40. The predicted octanol–water partition coefficient (Wildman–Crippen LogP) is 6.20. The third kappa shape index (κ3) is 5.20. The van der Waals surface area contributed by atoms with Crippen LogP contribution in [-0.4, -0.2) is 38.9 Å². The van der Waals surface area contributed by atoms with Crippen molar-refractivity contribution in [3.05, 3.63) is 99.7 Å². The Hall–Kier alpha value is -3.49. The Morgan fingerprint density at radius 1 is 1.00 bits per heavy atom. The van der Waals surface area contributed by atoms with Crippen molar-refractivity contribution in [2.45, 2.75) is 19.1 Å². The number of halogens is 4. The predicted molar refractivity (Wildman–Crippen MR) is 132 cm³/mol. The van der Waals surface area contributed by atoms with Gasteiger partial charge in [0.05, 0.1) is 22.3 Å². The molecule has 2 heterocycles. The van der Waals surface area contributed by atoms with Gasteiger partial charge in [0.1, 0.15) is 29.7 Å². The summed E-state index contributed by atoms with van der Waals surface area (Å²) in [6.45, 7) is 1.17. The minimum absolute atomic E-state index is 0.0928. The van der Waals surface area contributed by atoms with Crippen molar-refractivity contribution >= 4 is 29.1 Å². The number of amides is 1. The molecule has 1 aliphatic heterocycles. The Balaban J connectivity index is 1.30. The number of rotatable bonds is 6. The van der Waals surface area contributed by atoms with Gasteiger partial charge < -0.3 is 9.64 Å². The van der Waals surface area contributed by atoms with Crippen molar-refractivity contribution in [3.8, 4) is 17.0 Å². The average molecular weight is 529 g/mol. The molecule has 1 aromatic heterocycles. The van der Waals surface area contributed by atoms with Crippen LogP contribution in [0.2, 0.25) is 10.0 Å². The fourth-order valence-corrected chi connectivity index (χ4v) is 4.44. The van der Waals surface area contributed by atoms with E-state index in [2.05, 4.69) is 10.3 Å². The SMILES string of the molecule is O=C(c1ccc(F)cc1)N1CCC(n2cc(-c3cc(F)ccc3OCc3ccc(Cl)c(Cl)c3)nn2)C1. The highest BCUT2D eigenvalue weighted by atomic mass is 35.5. The maximum absolute atomic E-state index is 14.1. The fourth-order valence-electron chi connectivity index (χ4n) is 4.11. The first-order valence-corrected chi connectivity index (χ1v) is 12.0. The van der Waals surface area contributed by atoms with Crippen molar-refractivity contribution in [2.75, 3.05) is 13.1 Å². The maximum atomic E-state index is 14.1. The first kappa shape index (κ1) is 24.2. The molecule has 6 nitrogen and oxygen atoms in total.